The van der Waals surface area contributed by atoms with Crippen LogP contribution in [0.1, 0.15) is 25.7 Å². The maximum absolute atomic E-state index is 11.0. The van der Waals surface area contributed by atoms with E-state index in [2.05, 4.69) is 10.1 Å². The van der Waals surface area contributed by atoms with E-state index in [-0.39, 0.29) is 13.2 Å². The first-order chi connectivity index (χ1) is 7.70. The van der Waals surface area contributed by atoms with Crippen LogP contribution in [0.15, 0.2) is 0 Å². The van der Waals surface area contributed by atoms with E-state index in [1.54, 1.807) is 0 Å². The molecular weight excluding hydrogens is 214 g/mol. The lowest BCUT2D eigenvalue weighted by Gasteiger charge is -2.09. The number of amides is 1. The smallest absolute Gasteiger partial charge is 0.407 e. The van der Waals surface area contributed by atoms with Gasteiger partial charge in [-0.2, -0.15) is 0 Å². The fraction of sp³-hybridized carbons (Fsp3) is 0.900. The van der Waals surface area contributed by atoms with E-state index in [0.717, 1.165) is 25.7 Å². The van der Waals surface area contributed by atoms with Crippen molar-refractivity contribution in [3.63, 3.8) is 0 Å². The summed E-state index contributed by atoms with van der Waals surface area (Å²) in [6.45, 7) is 0.0925. The molecule has 0 rings (SSSR count). The molecule has 96 valence electrons. The maximum Gasteiger partial charge on any atom is 0.407 e. The minimum atomic E-state index is -1.02. The summed E-state index contributed by atoms with van der Waals surface area (Å²) in [6.07, 6.45) is 1.89. The first kappa shape index (κ1) is 15.2. The molecule has 0 aromatic heterocycles. The molecule has 0 aliphatic heterocycles. The van der Waals surface area contributed by atoms with Crippen molar-refractivity contribution >= 4 is 6.09 Å². The Morgan fingerprint density at radius 3 is 2.50 bits per heavy atom. The quantitative estimate of drug-likeness (QED) is 0.408. The second kappa shape index (κ2) is 10.7. The van der Waals surface area contributed by atoms with E-state index in [1.807, 2.05) is 0 Å². The van der Waals surface area contributed by atoms with Gasteiger partial charge in [0, 0.05) is 13.2 Å². The third-order valence-corrected chi connectivity index (χ3v) is 1.97. The normalized spacial score (nSPS) is 12.2. The molecule has 16 heavy (non-hydrogen) atoms. The van der Waals surface area contributed by atoms with Gasteiger partial charge in [-0.25, -0.2) is 4.79 Å². The van der Waals surface area contributed by atoms with E-state index in [0.29, 0.717) is 6.54 Å². The topological polar surface area (TPSA) is 99.0 Å². The molecule has 0 aromatic rings. The summed E-state index contributed by atoms with van der Waals surface area (Å²) in [5.41, 5.74) is 0. The Hall–Kier alpha value is -0.850. The number of rotatable bonds is 9. The van der Waals surface area contributed by atoms with Crippen molar-refractivity contribution < 1.29 is 24.9 Å². The molecule has 0 radical (unpaired) electrons. The third kappa shape index (κ3) is 9.70. The number of alkyl carbamates (subject to hydrolysis) is 1. The molecule has 1 atom stereocenters. The maximum atomic E-state index is 11.0. The number of aliphatic hydroxyl groups excluding tert-OH is 3. The van der Waals surface area contributed by atoms with Crippen LogP contribution in [-0.2, 0) is 4.74 Å². The summed E-state index contributed by atoms with van der Waals surface area (Å²) in [4.78, 5) is 11.0. The Kier molecular flexibility index (Phi) is 10.1. The van der Waals surface area contributed by atoms with Crippen LogP contribution in [0.5, 0.6) is 0 Å². The monoisotopic (exact) mass is 235 g/mol. The third-order valence-electron chi connectivity index (χ3n) is 1.97. The number of hydrogen-bond donors (Lipinski definition) is 4. The molecule has 0 spiro atoms. The highest BCUT2D eigenvalue weighted by molar-refractivity contribution is 5.67. The predicted octanol–water partition coefficient (Wildman–Crippen LogP) is -0.382. The van der Waals surface area contributed by atoms with Crippen molar-refractivity contribution in [2.75, 3.05) is 26.4 Å². The van der Waals surface area contributed by atoms with Crippen molar-refractivity contribution in [2.24, 2.45) is 0 Å². The van der Waals surface area contributed by atoms with Crippen molar-refractivity contribution in [1.29, 1.82) is 0 Å². The predicted molar refractivity (Wildman–Crippen MR) is 58.0 cm³/mol. The lowest BCUT2D eigenvalue weighted by molar-refractivity contribution is 0.0321. The van der Waals surface area contributed by atoms with Gasteiger partial charge in [0.05, 0.1) is 6.61 Å². The SMILES string of the molecule is O=C(NCCCCCCO)OCC(O)CO. The molecule has 0 aromatic carbocycles. The number of hydrogen-bond acceptors (Lipinski definition) is 5. The first-order valence-electron chi connectivity index (χ1n) is 5.51. The number of nitrogens with one attached hydrogen (secondary N) is 1. The van der Waals surface area contributed by atoms with Gasteiger partial charge in [0.25, 0.3) is 0 Å². The lowest BCUT2D eigenvalue weighted by Crippen LogP contribution is -2.29. The molecule has 0 fully saturated rings. The minimum absolute atomic E-state index is 0.202. The van der Waals surface area contributed by atoms with Crippen LogP contribution in [0, 0.1) is 0 Å². The van der Waals surface area contributed by atoms with Crippen molar-refractivity contribution in [1.82, 2.24) is 5.32 Å². The summed E-state index contributed by atoms with van der Waals surface area (Å²) in [5, 5.41) is 28.4. The fourth-order valence-electron chi connectivity index (χ4n) is 1.06. The van der Waals surface area contributed by atoms with Crippen LogP contribution in [0.2, 0.25) is 0 Å². The van der Waals surface area contributed by atoms with Gasteiger partial charge in [0.2, 0.25) is 0 Å². The van der Waals surface area contributed by atoms with Crippen LogP contribution in [-0.4, -0.2) is 53.9 Å². The summed E-state index contributed by atoms with van der Waals surface area (Å²) in [6, 6.07) is 0. The van der Waals surface area contributed by atoms with Gasteiger partial charge in [-0.1, -0.05) is 12.8 Å². The van der Waals surface area contributed by atoms with Crippen LogP contribution in [0.4, 0.5) is 4.79 Å². The molecule has 0 bridgehead atoms. The molecule has 0 saturated heterocycles. The van der Waals surface area contributed by atoms with Gasteiger partial charge in [-0.3, -0.25) is 0 Å². The minimum Gasteiger partial charge on any atom is -0.447 e. The number of aliphatic hydroxyl groups is 3. The first-order valence-corrected chi connectivity index (χ1v) is 5.51. The van der Waals surface area contributed by atoms with Crippen molar-refractivity contribution in [3.8, 4) is 0 Å². The van der Waals surface area contributed by atoms with E-state index in [1.165, 1.54) is 0 Å². The zero-order valence-corrected chi connectivity index (χ0v) is 9.39. The highest BCUT2D eigenvalue weighted by Gasteiger charge is 2.06. The Morgan fingerprint density at radius 2 is 1.88 bits per heavy atom. The highest BCUT2D eigenvalue weighted by Crippen LogP contribution is 1.97. The lowest BCUT2D eigenvalue weighted by atomic mass is 10.2. The molecular formula is C10H21NO5. The standard InChI is InChI=1S/C10H21NO5/c12-6-4-2-1-3-5-11-10(15)16-8-9(14)7-13/h9,12-14H,1-8H2,(H,11,15). The van der Waals surface area contributed by atoms with Gasteiger partial charge in [-0.15, -0.1) is 0 Å². The largest absolute Gasteiger partial charge is 0.447 e. The van der Waals surface area contributed by atoms with Crippen LogP contribution >= 0.6 is 0 Å². The van der Waals surface area contributed by atoms with Gasteiger partial charge in [0.1, 0.15) is 12.7 Å². The van der Waals surface area contributed by atoms with E-state index < -0.39 is 18.8 Å². The fourth-order valence-corrected chi connectivity index (χ4v) is 1.06. The summed E-state index contributed by atoms with van der Waals surface area (Å²) in [7, 11) is 0. The summed E-state index contributed by atoms with van der Waals surface area (Å²) in [5.74, 6) is 0. The van der Waals surface area contributed by atoms with E-state index in [9.17, 15) is 4.79 Å². The van der Waals surface area contributed by atoms with Crippen LogP contribution in [0.25, 0.3) is 0 Å². The summed E-state index contributed by atoms with van der Waals surface area (Å²) < 4.78 is 4.62. The molecule has 6 nitrogen and oxygen atoms in total. The zero-order valence-electron chi connectivity index (χ0n) is 9.39. The zero-order chi connectivity index (χ0) is 12.2. The van der Waals surface area contributed by atoms with Crippen molar-refractivity contribution in [2.45, 2.75) is 31.8 Å². The highest BCUT2D eigenvalue weighted by atomic mass is 16.6. The molecule has 0 saturated carbocycles. The van der Waals surface area contributed by atoms with E-state index in [4.69, 9.17) is 15.3 Å². The Morgan fingerprint density at radius 1 is 1.19 bits per heavy atom. The van der Waals surface area contributed by atoms with Gasteiger partial charge in [0.15, 0.2) is 0 Å². The van der Waals surface area contributed by atoms with Gasteiger partial charge < -0.3 is 25.4 Å². The van der Waals surface area contributed by atoms with Crippen LogP contribution in [0.3, 0.4) is 0 Å². The second-order valence-corrected chi connectivity index (χ2v) is 3.50. The molecule has 6 heteroatoms. The van der Waals surface area contributed by atoms with E-state index >= 15 is 0 Å². The molecule has 1 unspecified atom stereocenters. The van der Waals surface area contributed by atoms with Crippen LogP contribution < -0.4 is 5.32 Å². The summed E-state index contributed by atoms with van der Waals surface area (Å²) >= 11 is 0. The molecule has 0 aliphatic carbocycles. The average Bonchev–Trinajstić information content (AvgIpc) is 2.30. The van der Waals surface area contributed by atoms with Crippen molar-refractivity contribution in [3.05, 3.63) is 0 Å². The van der Waals surface area contributed by atoms with Gasteiger partial charge >= 0.3 is 6.09 Å². The number of ether oxygens (including phenoxy) is 1. The number of unbranched alkanes of at least 4 members (excludes halogenated alkanes) is 3. The Bertz CT molecular complexity index is 177. The Balaban J connectivity index is 3.24. The van der Waals surface area contributed by atoms with Gasteiger partial charge in [-0.05, 0) is 12.8 Å². The molecule has 0 aliphatic rings. The second-order valence-electron chi connectivity index (χ2n) is 3.50. The Labute approximate surface area is 95.2 Å². The average molecular weight is 235 g/mol. The molecule has 0 heterocycles. The molecule has 1 amide bonds. The molecule has 4 N–H and O–H groups in total. The number of carbonyl (C=O) groups is 1. The number of carbonyl (C=O) groups excluding carboxylic acids is 1.